The van der Waals surface area contributed by atoms with E-state index in [0.29, 0.717) is 6.42 Å². The third-order valence-electron chi connectivity index (χ3n) is 2.59. The zero-order valence-electron chi connectivity index (χ0n) is 12.8. The minimum atomic E-state index is -2.04. The first kappa shape index (κ1) is 15.7. The second kappa shape index (κ2) is 7.28. The summed E-state index contributed by atoms with van der Waals surface area (Å²) in [6, 6.07) is 0. The lowest BCUT2D eigenvalue weighted by atomic mass is 9.93. The lowest BCUT2D eigenvalue weighted by Gasteiger charge is -2.28. The molecule has 0 saturated carbocycles. The smallest absolute Gasteiger partial charge is 0.338 e. The van der Waals surface area contributed by atoms with Crippen LogP contribution in [0.4, 0.5) is 0 Å². The first-order valence-corrected chi connectivity index (χ1v) is 6.35. The topological polar surface area (TPSA) is 89.6 Å². The highest BCUT2D eigenvalue weighted by molar-refractivity contribution is 6.03. The standard InChI is InChI=1S/C14H25NO4/c1-5-6-7-8-9-10-14(15,11(16)17)12(18)19-13(2,3)4/h5H,1,6-10,15H2,2-4H3,(H,16,17)/i2D. The average Bonchev–Trinajstić information content (AvgIpc) is 2.37. The fraction of sp³-hybridized carbons (Fsp3) is 0.714. The van der Waals surface area contributed by atoms with Crippen LogP contribution < -0.4 is 5.73 Å². The molecular weight excluding hydrogens is 246 g/mol. The van der Waals surface area contributed by atoms with E-state index in [1.165, 1.54) is 0 Å². The van der Waals surface area contributed by atoms with Crippen molar-refractivity contribution in [3.8, 4) is 0 Å². The van der Waals surface area contributed by atoms with Crippen LogP contribution in [0, 0.1) is 0 Å². The highest BCUT2D eigenvalue weighted by Gasteiger charge is 2.44. The number of hydrogen-bond donors (Lipinski definition) is 2. The predicted molar refractivity (Wildman–Crippen MR) is 73.7 cm³/mol. The van der Waals surface area contributed by atoms with Crippen molar-refractivity contribution in [1.29, 1.82) is 0 Å². The second-order valence-electron chi connectivity index (χ2n) is 5.31. The molecular formula is C14H25NO4. The van der Waals surface area contributed by atoms with Gasteiger partial charge in [-0.15, -0.1) is 6.58 Å². The maximum Gasteiger partial charge on any atom is 0.338 e. The molecule has 0 saturated heterocycles. The molecule has 0 aromatic carbocycles. The van der Waals surface area contributed by atoms with E-state index in [9.17, 15) is 14.7 Å². The maximum absolute atomic E-state index is 12.0. The van der Waals surface area contributed by atoms with Crippen molar-refractivity contribution in [2.24, 2.45) is 5.73 Å². The van der Waals surface area contributed by atoms with Crippen LogP contribution >= 0.6 is 0 Å². The minimum Gasteiger partial charge on any atom is -0.479 e. The van der Waals surface area contributed by atoms with Crippen LogP contribution in [-0.2, 0) is 14.3 Å². The molecule has 1 unspecified atom stereocenters. The Bertz CT molecular complexity index is 357. The summed E-state index contributed by atoms with van der Waals surface area (Å²) < 4.78 is 12.3. The number of rotatable bonds is 8. The SMILES string of the molecule is [2H]CC(C)(C)OC(=O)C(N)(CCCCCC=C)C(=O)O. The van der Waals surface area contributed by atoms with Gasteiger partial charge in [-0.2, -0.15) is 0 Å². The van der Waals surface area contributed by atoms with Gasteiger partial charge in [0.15, 0.2) is 0 Å². The monoisotopic (exact) mass is 272 g/mol. The highest BCUT2D eigenvalue weighted by Crippen LogP contribution is 2.19. The van der Waals surface area contributed by atoms with Gasteiger partial charge in [-0.25, -0.2) is 9.59 Å². The number of carboxylic acid groups (broad SMARTS) is 1. The normalized spacial score (nSPS) is 15.2. The van der Waals surface area contributed by atoms with E-state index in [2.05, 4.69) is 6.58 Å². The molecule has 0 rings (SSSR count). The first-order chi connectivity index (χ1) is 9.19. The highest BCUT2D eigenvalue weighted by atomic mass is 16.6. The Morgan fingerprint density at radius 3 is 2.53 bits per heavy atom. The molecule has 0 radical (unpaired) electrons. The summed E-state index contributed by atoms with van der Waals surface area (Å²) in [5.74, 6) is -2.38. The van der Waals surface area contributed by atoms with E-state index >= 15 is 0 Å². The number of ether oxygens (including phenoxy) is 1. The van der Waals surface area contributed by atoms with Gasteiger partial charge in [-0.1, -0.05) is 18.9 Å². The Labute approximate surface area is 116 Å². The van der Waals surface area contributed by atoms with Crippen LogP contribution in [0.2, 0.25) is 0 Å². The second-order valence-corrected chi connectivity index (χ2v) is 5.31. The van der Waals surface area contributed by atoms with Crippen molar-refractivity contribution in [3.63, 3.8) is 0 Å². The van der Waals surface area contributed by atoms with Crippen LogP contribution in [-0.4, -0.2) is 28.2 Å². The van der Waals surface area contributed by atoms with E-state index in [1.54, 1.807) is 19.9 Å². The van der Waals surface area contributed by atoms with E-state index in [1.807, 2.05) is 0 Å². The zero-order chi connectivity index (χ0) is 15.8. The quantitative estimate of drug-likeness (QED) is 0.306. The molecule has 0 bridgehead atoms. The molecule has 0 aromatic rings. The number of carbonyl (C=O) groups is 2. The number of hydrogen-bond acceptors (Lipinski definition) is 4. The molecule has 0 aromatic heterocycles. The van der Waals surface area contributed by atoms with Gasteiger partial charge in [-0.3, -0.25) is 0 Å². The van der Waals surface area contributed by atoms with Crippen molar-refractivity contribution in [2.75, 3.05) is 0 Å². The summed E-state index contributed by atoms with van der Waals surface area (Å²) in [6.07, 6.45) is 4.83. The van der Waals surface area contributed by atoms with Crippen molar-refractivity contribution < 1.29 is 20.8 Å². The van der Waals surface area contributed by atoms with Crippen LogP contribution in [0.15, 0.2) is 12.7 Å². The van der Waals surface area contributed by atoms with Gasteiger partial charge < -0.3 is 15.6 Å². The van der Waals surface area contributed by atoms with E-state index in [4.69, 9.17) is 11.8 Å². The molecule has 1 atom stereocenters. The molecule has 5 nitrogen and oxygen atoms in total. The molecule has 0 amide bonds. The lowest BCUT2D eigenvalue weighted by molar-refractivity contribution is -0.169. The van der Waals surface area contributed by atoms with Gasteiger partial charge in [-0.05, 0) is 40.0 Å². The molecule has 0 heterocycles. The largest absolute Gasteiger partial charge is 0.479 e. The zero-order valence-corrected chi connectivity index (χ0v) is 11.8. The van der Waals surface area contributed by atoms with Crippen LogP contribution in [0.5, 0.6) is 0 Å². The molecule has 3 N–H and O–H groups in total. The van der Waals surface area contributed by atoms with E-state index in [0.717, 1.165) is 19.3 Å². The summed E-state index contributed by atoms with van der Waals surface area (Å²) in [5, 5.41) is 9.19. The van der Waals surface area contributed by atoms with Crippen molar-refractivity contribution in [3.05, 3.63) is 12.7 Å². The van der Waals surface area contributed by atoms with Gasteiger partial charge in [0.1, 0.15) is 5.60 Å². The molecule has 110 valence electrons. The van der Waals surface area contributed by atoms with E-state index in [-0.39, 0.29) is 13.3 Å². The predicted octanol–water partition coefficient (Wildman–Crippen LogP) is 2.25. The fourth-order valence-electron chi connectivity index (χ4n) is 1.51. The molecule has 0 aliphatic heterocycles. The number of carboxylic acids is 1. The summed E-state index contributed by atoms with van der Waals surface area (Å²) in [6.45, 7) is 6.54. The number of aliphatic carboxylic acids is 1. The Morgan fingerprint density at radius 2 is 2.05 bits per heavy atom. The van der Waals surface area contributed by atoms with Crippen molar-refractivity contribution in [2.45, 2.75) is 64.0 Å². The first-order valence-electron chi connectivity index (χ1n) is 7.06. The summed E-state index contributed by atoms with van der Waals surface area (Å²) in [5.41, 5.74) is 2.62. The number of nitrogens with two attached hydrogens (primary N) is 1. The molecule has 0 aliphatic rings. The van der Waals surface area contributed by atoms with Gasteiger partial charge >= 0.3 is 11.9 Å². The molecule has 19 heavy (non-hydrogen) atoms. The summed E-state index contributed by atoms with van der Waals surface area (Å²) >= 11 is 0. The number of unbranched alkanes of at least 4 members (excludes halogenated alkanes) is 3. The fourth-order valence-corrected chi connectivity index (χ4v) is 1.51. The van der Waals surface area contributed by atoms with Crippen LogP contribution in [0.1, 0.15) is 54.2 Å². The third kappa shape index (κ3) is 6.38. The van der Waals surface area contributed by atoms with Gasteiger partial charge in [0.2, 0.25) is 5.54 Å². The summed E-state index contributed by atoms with van der Waals surface area (Å²) in [7, 11) is 0. The summed E-state index contributed by atoms with van der Waals surface area (Å²) in [4.78, 5) is 23.2. The van der Waals surface area contributed by atoms with Crippen LogP contribution in [0.3, 0.4) is 0 Å². The Balaban J connectivity index is 4.63. The Morgan fingerprint density at radius 1 is 1.42 bits per heavy atom. The van der Waals surface area contributed by atoms with Gasteiger partial charge in [0.05, 0.1) is 0 Å². The van der Waals surface area contributed by atoms with Gasteiger partial charge in [0.25, 0.3) is 0 Å². The number of allylic oxidation sites excluding steroid dienone is 1. The van der Waals surface area contributed by atoms with Gasteiger partial charge in [0, 0.05) is 1.37 Å². The maximum atomic E-state index is 12.0. The Hall–Kier alpha value is -1.36. The Kier molecular flexibility index (Phi) is 6.02. The molecule has 0 aliphatic carbocycles. The molecule has 5 heteroatoms. The van der Waals surface area contributed by atoms with Crippen molar-refractivity contribution in [1.82, 2.24) is 0 Å². The lowest BCUT2D eigenvalue weighted by Crippen LogP contribution is -2.57. The minimum absolute atomic E-state index is 0.0202. The average molecular weight is 272 g/mol. The van der Waals surface area contributed by atoms with Crippen LogP contribution in [0.25, 0.3) is 0 Å². The van der Waals surface area contributed by atoms with E-state index < -0.39 is 23.1 Å². The number of esters is 1. The van der Waals surface area contributed by atoms with Crippen molar-refractivity contribution >= 4 is 11.9 Å². The molecule has 0 fully saturated rings. The number of carbonyl (C=O) groups excluding carboxylic acids is 1. The molecule has 0 spiro atoms. The third-order valence-corrected chi connectivity index (χ3v) is 2.59.